The van der Waals surface area contributed by atoms with Crippen LogP contribution in [0.4, 0.5) is 0 Å². The number of amides is 1. The van der Waals surface area contributed by atoms with Crippen LogP contribution >= 0.6 is 12.6 Å². The summed E-state index contributed by atoms with van der Waals surface area (Å²) in [6.45, 7) is 3.46. The normalized spacial score (nSPS) is 12.9. The lowest BCUT2D eigenvalue weighted by molar-refractivity contribution is -0.604. The molecule has 0 aromatic carbocycles. The van der Waals surface area contributed by atoms with Gasteiger partial charge in [-0.3, -0.25) is 4.79 Å². The smallest absolute Gasteiger partial charge is 0.249 e. The highest BCUT2D eigenvalue weighted by Crippen LogP contribution is 2.19. The second-order valence-electron chi connectivity index (χ2n) is 4.57. The van der Waals surface area contributed by atoms with Crippen molar-refractivity contribution in [3.8, 4) is 0 Å². The van der Waals surface area contributed by atoms with E-state index in [-0.39, 0.29) is 19.7 Å². The average molecular weight is 280 g/mol. The van der Waals surface area contributed by atoms with Gasteiger partial charge in [-0.1, -0.05) is 13.8 Å². The van der Waals surface area contributed by atoms with Crippen LogP contribution in [-0.2, 0) is 4.79 Å². The molecular formula is C10H22N3O4S+. The van der Waals surface area contributed by atoms with Gasteiger partial charge in [0.25, 0.3) is 0 Å². The van der Waals surface area contributed by atoms with E-state index in [1.165, 1.54) is 0 Å². The van der Waals surface area contributed by atoms with Gasteiger partial charge in [-0.25, -0.2) is 0 Å². The number of thiol groups is 1. The number of carbonyl (C=O) groups excluding carboxylic acids is 1. The molecule has 106 valence electrons. The molecule has 0 aromatic rings. The second-order valence-corrected chi connectivity index (χ2v) is 5.02. The molecule has 0 heterocycles. The van der Waals surface area contributed by atoms with Gasteiger partial charge in [0, 0.05) is 11.2 Å². The van der Waals surface area contributed by atoms with E-state index in [2.05, 4.69) is 23.4 Å². The summed E-state index contributed by atoms with van der Waals surface area (Å²) in [6.07, 6.45) is -1.31. The Balaban J connectivity index is 3.94. The number of hydrazine groups is 1. The van der Waals surface area contributed by atoms with E-state index in [0.29, 0.717) is 17.2 Å². The summed E-state index contributed by atoms with van der Waals surface area (Å²) in [5, 5.41) is 21.1. The largest absolute Gasteiger partial charge is 0.396 e. The van der Waals surface area contributed by atoms with E-state index in [1.807, 2.05) is 0 Å². The molecule has 0 spiro atoms. The molecule has 0 aromatic heterocycles. The van der Waals surface area contributed by atoms with Gasteiger partial charge in [0.05, 0.1) is 24.6 Å². The number of hydrogen-bond donors (Lipinski definition) is 5. The van der Waals surface area contributed by atoms with Crippen LogP contribution in [0.1, 0.15) is 13.8 Å². The number of nitrogens with zero attached hydrogens (tertiary/aromatic N) is 1. The Hall–Kier alpha value is -0.860. The Morgan fingerprint density at radius 3 is 2.56 bits per heavy atom. The second kappa shape index (κ2) is 8.28. The predicted molar refractivity (Wildman–Crippen MR) is 70.2 cm³/mol. The molecule has 1 atom stereocenters. The van der Waals surface area contributed by atoms with Crippen molar-refractivity contribution in [2.75, 3.05) is 32.0 Å². The topological polar surface area (TPSA) is 102 Å². The monoisotopic (exact) mass is 280 g/mol. The van der Waals surface area contributed by atoms with Crippen molar-refractivity contribution in [2.24, 2.45) is 5.41 Å². The van der Waals surface area contributed by atoms with Crippen LogP contribution in [0.25, 0.3) is 0 Å². The molecule has 0 bridgehead atoms. The Morgan fingerprint density at radius 2 is 2.06 bits per heavy atom. The van der Waals surface area contributed by atoms with Crippen LogP contribution in [0.5, 0.6) is 0 Å². The number of aliphatic hydroxyl groups is 2. The lowest BCUT2D eigenvalue weighted by Crippen LogP contribution is -2.47. The Labute approximate surface area is 112 Å². The first-order valence-corrected chi connectivity index (χ1v) is 6.34. The van der Waals surface area contributed by atoms with Gasteiger partial charge < -0.3 is 15.5 Å². The molecule has 0 aliphatic carbocycles. The summed E-state index contributed by atoms with van der Waals surface area (Å²) in [4.78, 5) is 23.2. The molecule has 7 nitrogen and oxygen atoms in total. The lowest BCUT2D eigenvalue weighted by atomic mass is 9.87. The molecule has 0 aliphatic heterocycles. The first-order chi connectivity index (χ1) is 8.35. The lowest BCUT2D eigenvalue weighted by Gasteiger charge is -2.26. The quantitative estimate of drug-likeness (QED) is 0.205. The van der Waals surface area contributed by atoms with Crippen molar-refractivity contribution in [1.82, 2.24) is 10.7 Å². The highest BCUT2D eigenvalue weighted by molar-refractivity contribution is 7.80. The molecule has 4 N–H and O–H groups in total. The van der Waals surface area contributed by atoms with Gasteiger partial charge in [-0.05, 0) is 0 Å². The summed E-state index contributed by atoms with van der Waals surface area (Å²) >= 11 is 3.93. The molecule has 1 amide bonds. The zero-order chi connectivity index (χ0) is 14.2. The Kier molecular flexibility index (Phi) is 7.88. The molecule has 8 heteroatoms. The van der Waals surface area contributed by atoms with Crippen LogP contribution in [-0.4, -0.2) is 59.1 Å². The SMILES string of the molecule is CC(C)(CO)C(O)C(=O)NCC[N+](=O)NCCS. The maximum atomic E-state index is 11.5. The molecule has 0 saturated carbocycles. The van der Waals surface area contributed by atoms with Gasteiger partial charge in [-0.15, -0.1) is 0 Å². The van der Waals surface area contributed by atoms with E-state index < -0.39 is 17.4 Å². The summed E-state index contributed by atoms with van der Waals surface area (Å²) in [5.41, 5.74) is 1.61. The van der Waals surface area contributed by atoms with Crippen LogP contribution < -0.4 is 10.7 Å². The maximum absolute atomic E-state index is 11.5. The van der Waals surface area contributed by atoms with E-state index in [1.54, 1.807) is 13.8 Å². The number of nitroso groups, excluding NO2 is 1. The van der Waals surface area contributed by atoms with Crippen molar-refractivity contribution in [2.45, 2.75) is 20.0 Å². The number of carbonyl (C=O) groups is 1. The zero-order valence-electron chi connectivity index (χ0n) is 10.7. The molecule has 0 rings (SSSR count). The van der Waals surface area contributed by atoms with Gasteiger partial charge in [0.15, 0.2) is 0 Å². The van der Waals surface area contributed by atoms with Gasteiger partial charge >= 0.3 is 0 Å². The fourth-order valence-electron chi connectivity index (χ4n) is 1.07. The molecule has 0 fully saturated rings. The maximum Gasteiger partial charge on any atom is 0.249 e. The standard InChI is InChI=1S/C10H21N3O4S/c1-10(2,7-14)8(15)9(16)11-3-5-13(17)12-4-6-18/h8,14-15H,3-7H2,1-2H3,(H2-,11,12,16,17,18)/p+1. The summed E-state index contributed by atoms with van der Waals surface area (Å²) in [6, 6.07) is 0. The van der Waals surface area contributed by atoms with Crippen molar-refractivity contribution >= 4 is 18.5 Å². The van der Waals surface area contributed by atoms with Gasteiger partial charge in [-0.2, -0.15) is 18.1 Å². The van der Waals surface area contributed by atoms with Crippen LogP contribution in [0.3, 0.4) is 0 Å². The van der Waals surface area contributed by atoms with E-state index >= 15 is 0 Å². The van der Waals surface area contributed by atoms with Gasteiger partial charge in [0.1, 0.15) is 11.0 Å². The number of hydrogen-bond acceptors (Lipinski definition) is 5. The van der Waals surface area contributed by atoms with E-state index in [9.17, 15) is 14.8 Å². The molecule has 0 saturated heterocycles. The summed E-state index contributed by atoms with van der Waals surface area (Å²) in [5.74, 6) is -0.0641. The molecular weight excluding hydrogens is 258 g/mol. The van der Waals surface area contributed by atoms with E-state index in [4.69, 9.17) is 5.11 Å². The Morgan fingerprint density at radius 1 is 1.44 bits per heavy atom. The highest BCUT2D eigenvalue weighted by Gasteiger charge is 2.32. The van der Waals surface area contributed by atoms with Crippen LogP contribution in [0, 0.1) is 10.3 Å². The minimum Gasteiger partial charge on any atom is -0.396 e. The number of nitrogens with one attached hydrogen (secondary N) is 2. The third-order valence-corrected chi connectivity index (χ3v) is 2.63. The molecule has 18 heavy (non-hydrogen) atoms. The van der Waals surface area contributed by atoms with Crippen molar-refractivity contribution in [3.05, 3.63) is 4.91 Å². The van der Waals surface area contributed by atoms with Crippen molar-refractivity contribution in [1.29, 1.82) is 0 Å². The Bertz CT molecular complexity index is 286. The van der Waals surface area contributed by atoms with E-state index in [0.717, 1.165) is 0 Å². The third kappa shape index (κ3) is 6.18. The minimum absolute atomic E-state index is 0.0613. The minimum atomic E-state index is -1.31. The summed E-state index contributed by atoms with van der Waals surface area (Å²) < 4.78 is 0. The third-order valence-electron chi connectivity index (χ3n) is 2.41. The first-order valence-electron chi connectivity index (χ1n) is 5.71. The van der Waals surface area contributed by atoms with Gasteiger partial charge in [0.2, 0.25) is 12.5 Å². The first kappa shape index (κ1) is 17.1. The van der Waals surface area contributed by atoms with Crippen molar-refractivity contribution < 1.29 is 19.9 Å². The summed E-state index contributed by atoms with van der Waals surface area (Å²) in [7, 11) is 0. The van der Waals surface area contributed by atoms with Crippen LogP contribution in [0.15, 0.2) is 0 Å². The molecule has 0 aliphatic rings. The highest BCUT2D eigenvalue weighted by atomic mass is 32.1. The zero-order valence-corrected chi connectivity index (χ0v) is 11.6. The molecule has 0 radical (unpaired) electrons. The average Bonchev–Trinajstić information content (AvgIpc) is 2.35. The van der Waals surface area contributed by atoms with Crippen molar-refractivity contribution in [3.63, 3.8) is 0 Å². The molecule has 1 unspecified atom stereocenters. The predicted octanol–water partition coefficient (Wildman–Crippen LogP) is -1.30. The number of rotatable bonds is 9. The number of aliphatic hydroxyl groups excluding tert-OH is 2. The van der Waals surface area contributed by atoms with Crippen LogP contribution in [0.2, 0.25) is 0 Å². The fourth-order valence-corrected chi connectivity index (χ4v) is 1.17. The fraction of sp³-hybridized carbons (Fsp3) is 0.900.